The molecule has 5 nitrogen and oxygen atoms in total. The summed E-state index contributed by atoms with van der Waals surface area (Å²) in [7, 11) is 1.61. The minimum absolute atomic E-state index is 0.0178. The number of hydrogen-bond acceptors (Lipinski definition) is 4. The molecule has 0 spiro atoms. The van der Waals surface area contributed by atoms with Crippen molar-refractivity contribution in [1.82, 2.24) is 5.32 Å². The van der Waals surface area contributed by atoms with E-state index >= 15 is 0 Å². The van der Waals surface area contributed by atoms with E-state index in [1.54, 1.807) is 7.11 Å². The van der Waals surface area contributed by atoms with Crippen LogP contribution in [0.5, 0.6) is 0 Å². The molecule has 6 heteroatoms. The summed E-state index contributed by atoms with van der Waals surface area (Å²) >= 11 is 3.43. The van der Waals surface area contributed by atoms with Crippen LogP contribution in [0.3, 0.4) is 0 Å². The average Bonchev–Trinajstić information content (AvgIpc) is 2.37. The van der Waals surface area contributed by atoms with Crippen LogP contribution in [-0.4, -0.2) is 26.1 Å². The second-order valence-electron chi connectivity index (χ2n) is 3.49. The van der Waals surface area contributed by atoms with Gasteiger partial charge in [-0.3, -0.25) is 4.79 Å². The van der Waals surface area contributed by atoms with E-state index in [1.165, 1.54) is 0 Å². The molecule has 1 aromatic rings. The lowest BCUT2D eigenvalue weighted by Gasteiger charge is -2.12. The van der Waals surface area contributed by atoms with Gasteiger partial charge in [-0.2, -0.15) is 5.26 Å². The van der Waals surface area contributed by atoms with Crippen LogP contribution in [0.25, 0.3) is 0 Å². The number of ether oxygens (including phenoxy) is 1. The lowest BCUT2D eigenvalue weighted by Crippen LogP contribution is -2.30. The molecule has 0 aliphatic heterocycles. The standard InChI is InChI=1S/C12H14BrN3O2/c1-18-8-9-10(13)3-2-4-11(9)16-7-12(17)15-6-5-14/h2-4,16H,6-8H2,1H3,(H,15,17). The minimum Gasteiger partial charge on any atom is -0.380 e. The molecule has 96 valence electrons. The van der Waals surface area contributed by atoms with Crippen molar-refractivity contribution >= 4 is 27.5 Å². The lowest BCUT2D eigenvalue weighted by molar-refractivity contribution is -0.119. The fourth-order valence-corrected chi connectivity index (χ4v) is 1.87. The highest BCUT2D eigenvalue weighted by molar-refractivity contribution is 9.10. The van der Waals surface area contributed by atoms with Crippen molar-refractivity contribution in [2.45, 2.75) is 6.61 Å². The molecule has 0 saturated heterocycles. The summed E-state index contributed by atoms with van der Waals surface area (Å²) in [6.45, 7) is 0.586. The van der Waals surface area contributed by atoms with Crippen LogP contribution in [0.1, 0.15) is 5.56 Å². The van der Waals surface area contributed by atoms with Crippen LogP contribution in [0.15, 0.2) is 22.7 Å². The molecule has 0 radical (unpaired) electrons. The van der Waals surface area contributed by atoms with E-state index in [0.717, 1.165) is 15.7 Å². The van der Waals surface area contributed by atoms with Gasteiger partial charge in [0.2, 0.25) is 5.91 Å². The molecular formula is C12H14BrN3O2. The summed E-state index contributed by atoms with van der Waals surface area (Å²) in [5.74, 6) is -0.222. The molecule has 0 unspecified atom stereocenters. The van der Waals surface area contributed by atoms with E-state index in [0.29, 0.717) is 6.61 Å². The Morgan fingerprint density at radius 2 is 2.33 bits per heavy atom. The maximum Gasteiger partial charge on any atom is 0.240 e. The minimum atomic E-state index is -0.222. The number of amides is 1. The van der Waals surface area contributed by atoms with Crippen molar-refractivity contribution in [3.8, 4) is 6.07 Å². The molecule has 0 heterocycles. The van der Waals surface area contributed by atoms with E-state index < -0.39 is 0 Å². The molecule has 0 atom stereocenters. The second-order valence-corrected chi connectivity index (χ2v) is 4.34. The summed E-state index contributed by atoms with van der Waals surface area (Å²) in [4.78, 5) is 11.4. The van der Waals surface area contributed by atoms with Gasteiger partial charge in [0.1, 0.15) is 6.54 Å². The summed E-state index contributed by atoms with van der Waals surface area (Å²) in [6.07, 6.45) is 0. The Labute approximate surface area is 114 Å². The summed E-state index contributed by atoms with van der Waals surface area (Å²) in [5, 5.41) is 13.8. The number of hydrogen-bond donors (Lipinski definition) is 2. The number of carbonyl (C=O) groups is 1. The average molecular weight is 312 g/mol. The monoisotopic (exact) mass is 311 g/mol. The molecule has 0 fully saturated rings. The second kappa shape index (κ2) is 7.69. The Balaban J connectivity index is 2.64. The first kappa shape index (κ1) is 14.5. The number of nitrogens with zero attached hydrogens (tertiary/aromatic N) is 1. The van der Waals surface area contributed by atoms with Crippen molar-refractivity contribution in [2.24, 2.45) is 0 Å². The third kappa shape index (κ3) is 4.35. The molecule has 2 N–H and O–H groups in total. The first-order valence-corrected chi connectivity index (χ1v) is 6.12. The summed E-state index contributed by atoms with van der Waals surface area (Å²) in [6, 6.07) is 7.51. The van der Waals surface area contributed by atoms with Gasteiger partial charge in [-0.15, -0.1) is 0 Å². The number of rotatable bonds is 6. The third-order valence-electron chi connectivity index (χ3n) is 2.21. The van der Waals surface area contributed by atoms with E-state index in [9.17, 15) is 4.79 Å². The predicted octanol–water partition coefficient (Wildman–Crippen LogP) is 1.65. The zero-order valence-corrected chi connectivity index (χ0v) is 11.6. The van der Waals surface area contributed by atoms with Crippen LogP contribution in [0.4, 0.5) is 5.69 Å². The van der Waals surface area contributed by atoms with Gasteiger partial charge in [-0.05, 0) is 12.1 Å². The normalized spacial score (nSPS) is 9.61. The smallest absolute Gasteiger partial charge is 0.240 e. The van der Waals surface area contributed by atoms with Gasteiger partial charge in [-0.25, -0.2) is 0 Å². The first-order valence-electron chi connectivity index (χ1n) is 5.33. The molecule has 18 heavy (non-hydrogen) atoms. The Hall–Kier alpha value is -1.58. The van der Waals surface area contributed by atoms with Crippen molar-refractivity contribution in [3.63, 3.8) is 0 Å². The molecule has 1 aromatic carbocycles. The quantitative estimate of drug-likeness (QED) is 0.783. The van der Waals surface area contributed by atoms with Crippen molar-refractivity contribution in [3.05, 3.63) is 28.2 Å². The summed E-state index contributed by atoms with van der Waals surface area (Å²) in [5.41, 5.74) is 1.78. The number of methoxy groups -OCH3 is 1. The van der Waals surface area contributed by atoms with Gasteiger partial charge in [0, 0.05) is 22.8 Å². The SMILES string of the molecule is COCc1c(Br)cccc1NCC(=O)NCC#N. The highest BCUT2D eigenvalue weighted by Crippen LogP contribution is 2.25. The van der Waals surface area contributed by atoms with Gasteiger partial charge in [0.05, 0.1) is 19.2 Å². The fourth-order valence-electron chi connectivity index (χ4n) is 1.39. The van der Waals surface area contributed by atoms with Crippen molar-refractivity contribution in [2.75, 3.05) is 25.5 Å². The van der Waals surface area contributed by atoms with E-state index in [2.05, 4.69) is 26.6 Å². The molecular weight excluding hydrogens is 298 g/mol. The molecule has 1 rings (SSSR count). The highest BCUT2D eigenvalue weighted by atomic mass is 79.9. The number of carbonyl (C=O) groups excluding carboxylic acids is 1. The van der Waals surface area contributed by atoms with Crippen LogP contribution in [0.2, 0.25) is 0 Å². The molecule has 0 aliphatic carbocycles. The molecule has 0 aromatic heterocycles. The van der Waals surface area contributed by atoms with Crippen molar-refractivity contribution < 1.29 is 9.53 Å². The zero-order valence-electron chi connectivity index (χ0n) is 10.00. The van der Waals surface area contributed by atoms with Gasteiger partial charge in [0.15, 0.2) is 0 Å². The van der Waals surface area contributed by atoms with Crippen LogP contribution < -0.4 is 10.6 Å². The Morgan fingerprint density at radius 3 is 3.00 bits per heavy atom. The van der Waals surface area contributed by atoms with Gasteiger partial charge in [-0.1, -0.05) is 22.0 Å². The predicted molar refractivity (Wildman–Crippen MR) is 72.0 cm³/mol. The largest absolute Gasteiger partial charge is 0.380 e. The maximum absolute atomic E-state index is 11.4. The fraction of sp³-hybridized carbons (Fsp3) is 0.333. The third-order valence-corrected chi connectivity index (χ3v) is 2.95. The molecule has 0 bridgehead atoms. The first-order chi connectivity index (χ1) is 8.69. The lowest BCUT2D eigenvalue weighted by atomic mass is 10.2. The number of halogens is 1. The van der Waals surface area contributed by atoms with Crippen LogP contribution in [-0.2, 0) is 16.1 Å². The maximum atomic E-state index is 11.4. The Bertz CT molecular complexity index is 457. The highest BCUT2D eigenvalue weighted by Gasteiger charge is 2.07. The van der Waals surface area contributed by atoms with E-state index in [-0.39, 0.29) is 19.0 Å². The number of nitrogens with one attached hydrogen (secondary N) is 2. The number of anilines is 1. The van der Waals surface area contributed by atoms with Crippen molar-refractivity contribution in [1.29, 1.82) is 5.26 Å². The zero-order chi connectivity index (χ0) is 13.4. The molecule has 0 aliphatic rings. The van der Waals surface area contributed by atoms with Gasteiger partial charge < -0.3 is 15.4 Å². The van der Waals surface area contributed by atoms with Gasteiger partial charge in [0.25, 0.3) is 0 Å². The van der Waals surface area contributed by atoms with Crippen LogP contribution >= 0.6 is 15.9 Å². The van der Waals surface area contributed by atoms with E-state index in [4.69, 9.17) is 10.00 Å². The summed E-state index contributed by atoms with van der Waals surface area (Å²) < 4.78 is 6.03. The van der Waals surface area contributed by atoms with Gasteiger partial charge >= 0.3 is 0 Å². The van der Waals surface area contributed by atoms with E-state index in [1.807, 2.05) is 24.3 Å². The molecule has 0 saturated carbocycles. The Morgan fingerprint density at radius 1 is 1.56 bits per heavy atom. The number of benzene rings is 1. The Kier molecular flexibility index (Phi) is 6.19. The topological polar surface area (TPSA) is 74.2 Å². The van der Waals surface area contributed by atoms with Crippen LogP contribution in [0, 0.1) is 11.3 Å². The molecule has 1 amide bonds. The number of nitriles is 1.